The summed E-state index contributed by atoms with van der Waals surface area (Å²) in [5.74, 6) is -0.798. The summed E-state index contributed by atoms with van der Waals surface area (Å²) in [5.41, 5.74) is -0.247. The number of hydrogen-bond donors (Lipinski definition) is 0. The summed E-state index contributed by atoms with van der Waals surface area (Å²) in [6.07, 6.45) is -2.80. The zero-order valence-electron chi connectivity index (χ0n) is 8.14. The lowest BCUT2D eigenvalue weighted by molar-refractivity contribution is 0.0585. The van der Waals surface area contributed by atoms with Crippen molar-refractivity contribution in [2.45, 2.75) is 11.8 Å². The predicted octanol–water partition coefficient (Wildman–Crippen LogP) is 3.31. The SMILES string of the molecule is COC(=O)c1c(I)cc(CBr)nc1C(F)F. The van der Waals surface area contributed by atoms with Gasteiger partial charge in [0.1, 0.15) is 11.3 Å². The van der Waals surface area contributed by atoms with Crippen LogP contribution in [0.1, 0.15) is 28.2 Å². The van der Waals surface area contributed by atoms with E-state index in [-0.39, 0.29) is 5.56 Å². The minimum absolute atomic E-state index is 0.164. The standard InChI is InChI=1S/C9H7BrF2INO2/c1-16-9(15)6-5(13)2-4(3-10)14-7(6)8(11)12/h2,8H,3H2,1H3. The van der Waals surface area contributed by atoms with E-state index in [0.717, 1.165) is 7.11 Å². The highest BCUT2D eigenvalue weighted by molar-refractivity contribution is 14.1. The van der Waals surface area contributed by atoms with Crippen LogP contribution >= 0.6 is 38.5 Å². The molecule has 0 N–H and O–H groups in total. The molecule has 0 saturated heterocycles. The van der Waals surface area contributed by atoms with Crippen molar-refractivity contribution in [1.29, 1.82) is 0 Å². The van der Waals surface area contributed by atoms with Gasteiger partial charge in [-0.05, 0) is 28.7 Å². The molecule has 0 unspecified atom stereocenters. The van der Waals surface area contributed by atoms with Crippen molar-refractivity contribution in [3.05, 3.63) is 26.6 Å². The minimum atomic E-state index is -2.80. The van der Waals surface area contributed by atoms with E-state index < -0.39 is 18.1 Å². The van der Waals surface area contributed by atoms with Crippen LogP contribution in [-0.4, -0.2) is 18.1 Å². The normalized spacial score (nSPS) is 10.6. The number of carbonyl (C=O) groups is 1. The summed E-state index contributed by atoms with van der Waals surface area (Å²) >= 11 is 4.94. The van der Waals surface area contributed by atoms with Crippen molar-refractivity contribution in [2.24, 2.45) is 0 Å². The zero-order valence-corrected chi connectivity index (χ0v) is 11.9. The first kappa shape index (κ1) is 13.8. The van der Waals surface area contributed by atoms with E-state index >= 15 is 0 Å². The largest absolute Gasteiger partial charge is 0.465 e. The van der Waals surface area contributed by atoms with E-state index in [2.05, 4.69) is 25.7 Å². The number of rotatable bonds is 3. The van der Waals surface area contributed by atoms with Gasteiger partial charge in [0.05, 0.1) is 12.8 Å². The van der Waals surface area contributed by atoms with Gasteiger partial charge in [0.15, 0.2) is 0 Å². The first-order valence-corrected chi connectivity index (χ1v) is 6.33. The van der Waals surface area contributed by atoms with Gasteiger partial charge in [0, 0.05) is 8.90 Å². The van der Waals surface area contributed by atoms with Gasteiger partial charge in [-0.1, -0.05) is 15.9 Å². The van der Waals surface area contributed by atoms with Crippen LogP contribution in [0.5, 0.6) is 0 Å². The quantitative estimate of drug-likeness (QED) is 0.440. The molecule has 0 saturated carbocycles. The van der Waals surface area contributed by atoms with Crippen molar-refractivity contribution in [3.63, 3.8) is 0 Å². The van der Waals surface area contributed by atoms with Gasteiger partial charge in [0.25, 0.3) is 6.43 Å². The maximum Gasteiger partial charge on any atom is 0.341 e. The van der Waals surface area contributed by atoms with Crippen molar-refractivity contribution < 1.29 is 18.3 Å². The summed E-state index contributed by atoms with van der Waals surface area (Å²) in [5, 5.41) is 0.351. The lowest BCUT2D eigenvalue weighted by Crippen LogP contribution is -2.12. The van der Waals surface area contributed by atoms with Crippen molar-refractivity contribution >= 4 is 44.5 Å². The number of halogens is 4. The van der Waals surface area contributed by atoms with Gasteiger partial charge >= 0.3 is 5.97 Å². The van der Waals surface area contributed by atoms with Crippen LogP contribution in [0.25, 0.3) is 0 Å². The Labute approximate surface area is 113 Å². The molecule has 0 spiro atoms. The zero-order chi connectivity index (χ0) is 12.3. The third-order valence-corrected chi connectivity index (χ3v) is 3.21. The molecule has 0 radical (unpaired) electrons. The number of aromatic nitrogens is 1. The molecule has 1 aromatic heterocycles. The Morgan fingerprint density at radius 2 is 2.31 bits per heavy atom. The first-order chi connectivity index (χ1) is 7.51. The number of carbonyl (C=O) groups excluding carboxylic acids is 1. The highest BCUT2D eigenvalue weighted by atomic mass is 127. The highest BCUT2D eigenvalue weighted by Crippen LogP contribution is 2.26. The molecule has 0 aromatic carbocycles. The number of ether oxygens (including phenoxy) is 1. The molecule has 88 valence electrons. The summed E-state index contributed by atoms with van der Waals surface area (Å²) in [4.78, 5) is 15.1. The minimum Gasteiger partial charge on any atom is -0.465 e. The monoisotopic (exact) mass is 405 g/mol. The molecule has 1 aromatic rings. The van der Waals surface area contributed by atoms with Crippen LogP contribution in [-0.2, 0) is 10.1 Å². The fraction of sp³-hybridized carbons (Fsp3) is 0.333. The first-order valence-electron chi connectivity index (χ1n) is 4.13. The number of alkyl halides is 3. The van der Waals surface area contributed by atoms with Crippen LogP contribution in [0.3, 0.4) is 0 Å². The van der Waals surface area contributed by atoms with E-state index in [4.69, 9.17) is 0 Å². The van der Waals surface area contributed by atoms with Gasteiger partial charge in [-0.2, -0.15) is 0 Å². The molecular formula is C9H7BrF2INO2. The van der Waals surface area contributed by atoms with Crippen molar-refractivity contribution in [3.8, 4) is 0 Å². The topological polar surface area (TPSA) is 39.2 Å². The third-order valence-electron chi connectivity index (χ3n) is 1.79. The molecule has 1 rings (SSSR count). The average Bonchev–Trinajstić information content (AvgIpc) is 2.26. The average molecular weight is 406 g/mol. The van der Waals surface area contributed by atoms with Crippen LogP contribution < -0.4 is 0 Å². The number of esters is 1. The Kier molecular flexibility index (Phi) is 5.03. The summed E-state index contributed by atoms with van der Waals surface area (Å²) in [7, 11) is 1.14. The Hall–Kier alpha value is -0.310. The molecule has 0 amide bonds. The molecule has 7 heteroatoms. The fourth-order valence-corrected chi connectivity index (χ4v) is 2.26. The van der Waals surface area contributed by atoms with Crippen molar-refractivity contribution in [2.75, 3.05) is 7.11 Å². The van der Waals surface area contributed by atoms with Crippen LogP contribution in [0.15, 0.2) is 6.07 Å². The lowest BCUT2D eigenvalue weighted by atomic mass is 10.2. The smallest absolute Gasteiger partial charge is 0.341 e. The molecule has 0 aliphatic rings. The van der Waals surface area contributed by atoms with E-state index in [0.29, 0.717) is 14.6 Å². The molecule has 16 heavy (non-hydrogen) atoms. The fourth-order valence-electron chi connectivity index (χ4n) is 1.11. The van der Waals surface area contributed by atoms with E-state index in [1.807, 2.05) is 22.6 Å². The molecule has 3 nitrogen and oxygen atoms in total. The van der Waals surface area contributed by atoms with Gasteiger partial charge in [-0.3, -0.25) is 0 Å². The Balaban J connectivity index is 3.39. The maximum absolute atomic E-state index is 12.7. The Morgan fingerprint density at radius 1 is 1.69 bits per heavy atom. The second kappa shape index (κ2) is 5.85. The molecule has 0 fully saturated rings. The molecule has 0 atom stereocenters. The second-order valence-electron chi connectivity index (χ2n) is 2.78. The number of methoxy groups -OCH3 is 1. The molecule has 0 aliphatic heterocycles. The third kappa shape index (κ3) is 2.88. The van der Waals surface area contributed by atoms with Crippen LogP contribution in [0.4, 0.5) is 8.78 Å². The van der Waals surface area contributed by atoms with Crippen LogP contribution in [0.2, 0.25) is 0 Å². The summed E-state index contributed by atoms with van der Waals surface area (Å²) in [6, 6.07) is 1.56. The Bertz CT molecular complexity index is 415. The maximum atomic E-state index is 12.7. The molecule has 0 bridgehead atoms. The molecular weight excluding hydrogens is 399 g/mol. The van der Waals surface area contributed by atoms with Gasteiger partial charge in [-0.25, -0.2) is 18.6 Å². The van der Waals surface area contributed by atoms with Gasteiger partial charge < -0.3 is 4.74 Å². The molecule has 0 aliphatic carbocycles. The number of pyridine rings is 1. The predicted molar refractivity (Wildman–Crippen MR) is 65.9 cm³/mol. The number of nitrogens with zero attached hydrogens (tertiary/aromatic N) is 1. The van der Waals surface area contributed by atoms with Gasteiger partial charge in [0.2, 0.25) is 0 Å². The highest BCUT2D eigenvalue weighted by Gasteiger charge is 2.24. The van der Waals surface area contributed by atoms with Gasteiger partial charge in [-0.15, -0.1) is 0 Å². The second-order valence-corrected chi connectivity index (χ2v) is 4.50. The van der Waals surface area contributed by atoms with E-state index in [9.17, 15) is 13.6 Å². The van der Waals surface area contributed by atoms with E-state index in [1.165, 1.54) is 0 Å². The summed E-state index contributed by atoms with van der Waals surface area (Å²) in [6.45, 7) is 0. The lowest BCUT2D eigenvalue weighted by Gasteiger charge is -2.10. The van der Waals surface area contributed by atoms with Crippen molar-refractivity contribution in [1.82, 2.24) is 4.98 Å². The van der Waals surface area contributed by atoms with Crippen LogP contribution in [0, 0.1) is 3.57 Å². The van der Waals surface area contributed by atoms with E-state index in [1.54, 1.807) is 6.07 Å². The number of hydrogen-bond acceptors (Lipinski definition) is 3. The Morgan fingerprint density at radius 3 is 2.75 bits per heavy atom. The summed E-state index contributed by atoms with van der Waals surface area (Å²) < 4.78 is 30.3. The molecule has 1 heterocycles.